The van der Waals surface area contributed by atoms with Crippen LogP contribution < -0.4 is 0 Å². The Morgan fingerprint density at radius 3 is 0.840 bits per heavy atom. The molecule has 6 heteroatoms. The predicted octanol–water partition coefficient (Wildman–Crippen LogP) is 21.9. The first kappa shape index (κ1) is 71.6. The lowest BCUT2D eigenvalue weighted by molar-refractivity contribution is -0.167. The molecule has 0 aromatic rings. The molecular formula is C69H120O6. The number of ether oxygens (including phenoxy) is 3. The van der Waals surface area contributed by atoms with E-state index in [9.17, 15) is 14.4 Å². The Bertz CT molecular complexity index is 1430. The summed E-state index contributed by atoms with van der Waals surface area (Å²) >= 11 is 0. The molecule has 0 rings (SSSR count). The largest absolute Gasteiger partial charge is 0.462 e. The van der Waals surface area contributed by atoms with Gasteiger partial charge in [-0.2, -0.15) is 0 Å². The molecule has 0 aliphatic heterocycles. The van der Waals surface area contributed by atoms with Gasteiger partial charge >= 0.3 is 17.9 Å². The van der Waals surface area contributed by atoms with Gasteiger partial charge in [-0.3, -0.25) is 14.4 Å². The van der Waals surface area contributed by atoms with Crippen LogP contribution in [-0.2, 0) is 28.6 Å². The van der Waals surface area contributed by atoms with E-state index >= 15 is 0 Å². The van der Waals surface area contributed by atoms with Crippen LogP contribution in [0.3, 0.4) is 0 Å². The highest BCUT2D eigenvalue weighted by Crippen LogP contribution is 2.17. The van der Waals surface area contributed by atoms with Crippen molar-refractivity contribution in [2.45, 2.75) is 322 Å². The minimum Gasteiger partial charge on any atom is -0.462 e. The minimum atomic E-state index is -0.787. The van der Waals surface area contributed by atoms with Gasteiger partial charge in [0.1, 0.15) is 13.2 Å². The van der Waals surface area contributed by atoms with Gasteiger partial charge in [0.25, 0.3) is 0 Å². The zero-order chi connectivity index (χ0) is 54.3. The van der Waals surface area contributed by atoms with Gasteiger partial charge in [0.2, 0.25) is 0 Å². The fraction of sp³-hybridized carbons (Fsp3) is 0.754. The summed E-state index contributed by atoms with van der Waals surface area (Å²) in [7, 11) is 0. The average Bonchev–Trinajstić information content (AvgIpc) is 3.41. The Morgan fingerprint density at radius 2 is 0.520 bits per heavy atom. The van der Waals surface area contributed by atoms with E-state index in [1.807, 2.05) is 0 Å². The van der Waals surface area contributed by atoms with E-state index in [1.165, 1.54) is 161 Å². The molecule has 0 radical (unpaired) electrons. The molecule has 0 heterocycles. The summed E-state index contributed by atoms with van der Waals surface area (Å²) in [4.78, 5) is 38.3. The second-order valence-corrected chi connectivity index (χ2v) is 21.3. The van der Waals surface area contributed by atoms with Crippen molar-refractivity contribution in [1.29, 1.82) is 0 Å². The number of unbranched alkanes of at least 4 members (excludes halogenated alkanes) is 33. The quantitative estimate of drug-likeness (QED) is 0.0261. The Kier molecular flexibility index (Phi) is 60.3. The maximum absolute atomic E-state index is 12.9. The summed E-state index contributed by atoms with van der Waals surface area (Å²) in [6, 6.07) is 0. The zero-order valence-electron chi connectivity index (χ0n) is 49.6. The first-order chi connectivity index (χ1) is 37.0. The second kappa shape index (κ2) is 63.1. The fourth-order valence-electron chi connectivity index (χ4n) is 9.09. The molecule has 0 aromatic carbocycles. The van der Waals surface area contributed by atoms with Crippen LogP contribution in [0.4, 0.5) is 0 Å². The molecule has 0 saturated heterocycles. The Labute approximate surface area is 465 Å². The van der Waals surface area contributed by atoms with Gasteiger partial charge in [-0.15, -0.1) is 0 Å². The standard InChI is InChI=1S/C69H120O6/c1-4-7-10-13-16-19-22-25-28-30-32-33-34-35-37-38-41-44-47-50-53-56-59-62-68(71)74-65-66(64-73-67(70)61-58-55-52-49-46-43-40-27-24-21-18-15-12-9-6-3)75-69(72)63-60-57-54-51-48-45-42-39-36-31-29-26-23-20-17-14-11-8-5-2/h7,10,16,18-19,21,25,27-28,32-33,35,37,40,66H,4-6,8-9,11-15,17,20,22-24,26,29-31,34,36,38-39,41-65H2,1-3H3/b10-7-,19-16-,21-18-,28-25-,33-32-,37-35-,40-27-. The number of carbonyl (C=O) groups excluding carboxylic acids is 3. The molecular weight excluding hydrogens is 925 g/mol. The highest BCUT2D eigenvalue weighted by atomic mass is 16.6. The molecule has 1 atom stereocenters. The summed E-state index contributed by atoms with van der Waals surface area (Å²) in [6.07, 6.45) is 82.9. The van der Waals surface area contributed by atoms with Crippen molar-refractivity contribution in [3.8, 4) is 0 Å². The monoisotopic (exact) mass is 1040 g/mol. The first-order valence-corrected chi connectivity index (χ1v) is 32.1. The summed E-state index contributed by atoms with van der Waals surface area (Å²) < 4.78 is 16.9. The number of rotatable bonds is 58. The van der Waals surface area contributed by atoms with Gasteiger partial charge in [0, 0.05) is 19.3 Å². The van der Waals surface area contributed by atoms with Crippen molar-refractivity contribution in [3.63, 3.8) is 0 Å². The lowest BCUT2D eigenvalue weighted by atomic mass is 10.0. The van der Waals surface area contributed by atoms with E-state index < -0.39 is 6.10 Å². The zero-order valence-corrected chi connectivity index (χ0v) is 49.6. The van der Waals surface area contributed by atoms with Crippen LogP contribution in [0.25, 0.3) is 0 Å². The molecule has 1 unspecified atom stereocenters. The van der Waals surface area contributed by atoms with E-state index in [0.29, 0.717) is 19.3 Å². The molecule has 0 N–H and O–H groups in total. The van der Waals surface area contributed by atoms with Crippen LogP contribution in [-0.4, -0.2) is 37.2 Å². The molecule has 0 aromatic heterocycles. The number of allylic oxidation sites excluding steroid dienone is 14. The highest BCUT2D eigenvalue weighted by Gasteiger charge is 2.19. The van der Waals surface area contributed by atoms with Crippen molar-refractivity contribution in [2.24, 2.45) is 0 Å². The summed E-state index contributed by atoms with van der Waals surface area (Å²) in [5.74, 6) is -0.893. The summed E-state index contributed by atoms with van der Waals surface area (Å²) in [5, 5.41) is 0. The van der Waals surface area contributed by atoms with Gasteiger partial charge in [-0.1, -0.05) is 286 Å². The van der Waals surface area contributed by atoms with Crippen molar-refractivity contribution in [3.05, 3.63) is 85.1 Å². The maximum atomic E-state index is 12.9. The normalized spacial score (nSPS) is 12.6. The number of carbonyl (C=O) groups is 3. The molecule has 432 valence electrons. The third-order valence-electron chi connectivity index (χ3n) is 13.9. The lowest BCUT2D eigenvalue weighted by Crippen LogP contribution is -2.30. The van der Waals surface area contributed by atoms with E-state index in [2.05, 4.69) is 106 Å². The predicted molar refractivity (Wildman–Crippen MR) is 325 cm³/mol. The average molecular weight is 1050 g/mol. The molecule has 0 amide bonds. The van der Waals surface area contributed by atoms with E-state index in [4.69, 9.17) is 14.2 Å². The van der Waals surface area contributed by atoms with Crippen molar-refractivity contribution in [2.75, 3.05) is 13.2 Å². The van der Waals surface area contributed by atoms with Crippen molar-refractivity contribution >= 4 is 17.9 Å². The lowest BCUT2D eigenvalue weighted by Gasteiger charge is -2.18. The number of hydrogen-bond donors (Lipinski definition) is 0. The maximum Gasteiger partial charge on any atom is 0.306 e. The van der Waals surface area contributed by atoms with Gasteiger partial charge in [-0.05, 0) is 96.3 Å². The smallest absolute Gasteiger partial charge is 0.306 e. The Hall–Kier alpha value is -3.41. The minimum absolute atomic E-state index is 0.0847. The third-order valence-corrected chi connectivity index (χ3v) is 13.9. The van der Waals surface area contributed by atoms with Crippen LogP contribution in [0.2, 0.25) is 0 Å². The van der Waals surface area contributed by atoms with E-state index in [-0.39, 0.29) is 31.1 Å². The highest BCUT2D eigenvalue weighted by molar-refractivity contribution is 5.71. The topological polar surface area (TPSA) is 78.9 Å². The van der Waals surface area contributed by atoms with E-state index in [1.54, 1.807) is 0 Å². The molecule has 6 nitrogen and oxygen atoms in total. The molecule has 0 saturated carbocycles. The number of hydrogen-bond acceptors (Lipinski definition) is 6. The molecule has 0 bridgehead atoms. The van der Waals surface area contributed by atoms with Gasteiger partial charge < -0.3 is 14.2 Å². The SMILES string of the molecule is CC/C=C\C/C=C\C/C=C\C/C=C\C/C=C\CCCCCCCCCC(=O)OCC(COC(=O)CCCCCCC/C=C\C/C=C\CCCCC)OC(=O)CCCCCCCCCCCCCCCCCCCCC. The van der Waals surface area contributed by atoms with Crippen LogP contribution in [0, 0.1) is 0 Å². The van der Waals surface area contributed by atoms with Crippen molar-refractivity contribution < 1.29 is 28.6 Å². The van der Waals surface area contributed by atoms with Crippen molar-refractivity contribution in [1.82, 2.24) is 0 Å². The summed E-state index contributed by atoms with van der Waals surface area (Å²) in [5.41, 5.74) is 0. The molecule has 0 aliphatic carbocycles. The van der Waals surface area contributed by atoms with Crippen LogP contribution in [0.15, 0.2) is 85.1 Å². The third kappa shape index (κ3) is 61.3. The van der Waals surface area contributed by atoms with Crippen LogP contribution in [0.5, 0.6) is 0 Å². The summed E-state index contributed by atoms with van der Waals surface area (Å²) in [6.45, 7) is 6.52. The molecule has 75 heavy (non-hydrogen) atoms. The fourth-order valence-corrected chi connectivity index (χ4v) is 9.09. The first-order valence-electron chi connectivity index (χ1n) is 32.1. The molecule has 0 aliphatic rings. The second-order valence-electron chi connectivity index (χ2n) is 21.3. The Balaban J connectivity index is 4.38. The molecule has 0 spiro atoms. The van der Waals surface area contributed by atoms with Gasteiger partial charge in [-0.25, -0.2) is 0 Å². The molecule has 0 fully saturated rings. The van der Waals surface area contributed by atoms with Gasteiger partial charge in [0.05, 0.1) is 0 Å². The van der Waals surface area contributed by atoms with Crippen LogP contribution >= 0.6 is 0 Å². The number of esters is 3. The van der Waals surface area contributed by atoms with Gasteiger partial charge in [0.15, 0.2) is 6.10 Å². The Morgan fingerprint density at radius 1 is 0.280 bits per heavy atom. The van der Waals surface area contributed by atoms with Crippen LogP contribution in [0.1, 0.15) is 316 Å². The van der Waals surface area contributed by atoms with E-state index in [0.717, 1.165) is 116 Å².